The Labute approximate surface area is 106 Å². The van der Waals surface area contributed by atoms with Gasteiger partial charge in [0.15, 0.2) is 0 Å². The SMILES string of the molecule is CC(C)C(=O)NCCNC(=O)C=Cc1ccco1. The van der Waals surface area contributed by atoms with Crippen LogP contribution in [0.15, 0.2) is 28.9 Å². The third-order valence-corrected chi connectivity index (χ3v) is 2.19. The first-order valence-electron chi connectivity index (χ1n) is 5.86. The lowest BCUT2D eigenvalue weighted by Gasteiger charge is -2.07. The van der Waals surface area contributed by atoms with Crippen LogP contribution in [-0.4, -0.2) is 24.9 Å². The largest absolute Gasteiger partial charge is 0.465 e. The summed E-state index contributed by atoms with van der Waals surface area (Å²) in [5.74, 6) is 0.346. The molecule has 98 valence electrons. The lowest BCUT2D eigenvalue weighted by atomic mass is 10.2. The van der Waals surface area contributed by atoms with Gasteiger partial charge in [0, 0.05) is 25.1 Å². The summed E-state index contributed by atoms with van der Waals surface area (Å²) < 4.78 is 5.04. The highest BCUT2D eigenvalue weighted by atomic mass is 16.3. The van der Waals surface area contributed by atoms with E-state index in [0.29, 0.717) is 18.8 Å². The van der Waals surface area contributed by atoms with Crippen molar-refractivity contribution < 1.29 is 14.0 Å². The third-order valence-electron chi connectivity index (χ3n) is 2.19. The molecule has 0 saturated heterocycles. The molecule has 0 aromatic carbocycles. The standard InChI is InChI=1S/C13H18N2O3/c1-10(2)13(17)15-8-7-14-12(16)6-5-11-4-3-9-18-11/h3-6,9-10H,7-8H2,1-2H3,(H,14,16)(H,15,17). The molecule has 0 bridgehead atoms. The Balaban J connectivity index is 2.16. The van der Waals surface area contributed by atoms with Crippen molar-refractivity contribution >= 4 is 17.9 Å². The van der Waals surface area contributed by atoms with Crippen molar-refractivity contribution in [3.05, 3.63) is 30.2 Å². The first kappa shape index (κ1) is 14.0. The fourth-order valence-corrected chi connectivity index (χ4v) is 1.18. The quantitative estimate of drug-likeness (QED) is 0.588. The van der Waals surface area contributed by atoms with E-state index in [-0.39, 0.29) is 17.7 Å². The number of hydrogen-bond donors (Lipinski definition) is 2. The second-order valence-electron chi connectivity index (χ2n) is 4.09. The lowest BCUT2D eigenvalue weighted by molar-refractivity contribution is -0.124. The van der Waals surface area contributed by atoms with Crippen LogP contribution in [0.25, 0.3) is 6.08 Å². The summed E-state index contributed by atoms with van der Waals surface area (Å²) in [6.45, 7) is 4.47. The summed E-state index contributed by atoms with van der Waals surface area (Å²) >= 11 is 0. The van der Waals surface area contributed by atoms with Gasteiger partial charge in [-0.15, -0.1) is 0 Å². The lowest BCUT2D eigenvalue weighted by Crippen LogP contribution is -2.35. The van der Waals surface area contributed by atoms with Crippen molar-refractivity contribution in [1.29, 1.82) is 0 Å². The highest BCUT2D eigenvalue weighted by Crippen LogP contribution is 2.01. The zero-order valence-corrected chi connectivity index (χ0v) is 10.6. The minimum atomic E-state index is -0.217. The first-order valence-corrected chi connectivity index (χ1v) is 5.86. The summed E-state index contributed by atoms with van der Waals surface area (Å²) in [5.41, 5.74) is 0. The van der Waals surface area contributed by atoms with Crippen LogP contribution < -0.4 is 10.6 Å². The van der Waals surface area contributed by atoms with Crippen molar-refractivity contribution in [1.82, 2.24) is 10.6 Å². The number of rotatable bonds is 6. The molecule has 5 heteroatoms. The van der Waals surface area contributed by atoms with Gasteiger partial charge in [-0.1, -0.05) is 13.8 Å². The molecule has 2 N–H and O–H groups in total. The van der Waals surface area contributed by atoms with Crippen molar-refractivity contribution in [3.8, 4) is 0 Å². The first-order chi connectivity index (χ1) is 8.59. The van der Waals surface area contributed by atoms with Gasteiger partial charge in [-0.3, -0.25) is 9.59 Å². The van der Waals surface area contributed by atoms with Crippen molar-refractivity contribution in [2.24, 2.45) is 5.92 Å². The van der Waals surface area contributed by atoms with Gasteiger partial charge in [-0.05, 0) is 18.2 Å². The topological polar surface area (TPSA) is 71.3 Å². The predicted octanol–water partition coefficient (Wildman–Crippen LogP) is 1.18. The highest BCUT2D eigenvalue weighted by molar-refractivity contribution is 5.91. The number of hydrogen-bond acceptors (Lipinski definition) is 3. The van der Waals surface area contributed by atoms with E-state index in [2.05, 4.69) is 10.6 Å². The minimum absolute atomic E-state index is 0.0182. The molecule has 2 amide bonds. The number of carbonyl (C=O) groups excluding carboxylic acids is 2. The molecule has 1 heterocycles. The molecule has 0 spiro atoms. The van der Waals surface area contributed by atoms with Gasteiger partial charge < -0.3 is 15.1 Å². The molecule has 0 radical (unpaired) electrons. The number of carbonyl (C=O) groups is 2. The predicted molar refractivity (Wildman–Crippen MR) is 68.6 cm³/mol. The van der Waals surface area contributed by atoms with Crippen LogP contribution in [-0.2, 0) is 9.59 Å². The molecule has 0 aliphatic heterocycles. The van der Waals surface area contributed by atoms with Gasteiger partial charge in [-0.25, -0.2) is 0 Å². The number of furan rings is 1. The zero-order valence-electron chi connectivity index (χ0n) is 10.6. The highest BCUT2D eigenvalue weighted by Gasteiger charge is 2.04. The number of nitrogens with one attached hydrogen (secondary N) is 2. The Kier molecular flexibility index (Phi) is 5.70. The maximum Gasteiger partial charge on any atom is 0.244 e. The molecule has 0 aliphatic carbocycles. The minimum Gasteiger partial charge on any atom is -0.465 e. The maximum absolute atomic E-state index is 11.4. The van der Waals surface area contributed by atoms with Crippen LogP contribution in [0.5, 0.6) is 0 Å². The van der Waals surface area contributed by atoms with E-state index in [1.165, 1.54) is 6.08 Å². The van der Waals surface area contributed by atoms with Gasteiger partial charge in [0.25, 0.3) is 0 Å². The summed E-state index contributed by atoms with van der Waals surface area (Å²) in [6.07, 6.45) is 4.52. The Bertz CT molecular complexity index is 408. The van der Waals surface area contributed by atoms with E-state index >= 15 is 0 Å². The fourth-order valence-electron chi connectivity index (χ4n) is 1.18. The van der Waals surface area contributed by atoms with Gasteiger partial charge in [0.2, 0.25) is 11.8 Å². The Morgan fingerprint density at radius 2 is 2.06 bits per heavy atom. The zero-order chi connectivity index (χ0) is 13.4. The molecular weight excluding hydrogens is 232 g/mol. The second kappa shape index (κ2) is 7.32. The van der Waals surface area contributed by atoms with Gasteiger partial charge in [0.05, 0.1) is 6.26 Å². The smallest absolute Gasteiger partial charge is 0.244 e. The van der Waals surface area contributed by atoms with Gasteiger partial charge in [0.1, 0.15) is 5.76 Å². The van der Waals surface area contributed by atoms with Crippen LogP contribution in [0.4, 0.5) is 0 Å². The van der Waals surface area contributed by atoms with E-state index in [1.807, 2.05) is 13.8 Å². The molecule has 1 rings (SSSR count). The van der Waals surface area contributed by atoms with E-state index in [4.69, 9.17) is 4.42 Å². The Hall–Kier alpha value is -2.04. The molecule has 5 nitrogen and oxygen atoms in total. The van der Waals surface area contributed by atoms with Crippen LogP contribution in [0, 0.1) is 5.92 Å². The summed E-state index contributed by atoms with van der Waals surface area (Å²) in [4.78, 5) is 22.6. The Morgan fingerprint density at radius 3 is 2.67 bits per heavy atom. The fraction of sp³-hybridized carbons (Fsp3) is 0.385. The van der Waals surface area contributed by atoms with E-state index in [1.54, 1.807) is 24.5 Å². The molecular formula is C13H18N2O3. The normalized spacial score (nSPS) is 10.8. The molecule has 0 aliphatic rings. The maximum atomic E-state index is 11.4. The van der Waals surface area contributed by atoms with Crippen LogP contribution in [0.1, 0.15) is 19.6 Å². The van der Waals surface area contributed by atoms with Crippen LogP contribution in [0.3, 0.4) is 0 Å². The van der Waals surface area contributed by atoms with Gasteiger partial charge >= 0.3 is 0 Å². The molecule has 0 saturated carbocycles. The van der Waals surface area contributed by atoms with E-state index in [0.717, 1.165) is 0 Å². The average molecular weight is 250 g/mol. The monoisotopic (exact) mass is 250 g/mol. The van der Waals surface area contributed by atoms with Crippen molar-refractivity contribution in [2.75, 3.05) is 13.1 Å². The molecule has 0 atom stereocenters. The molecule has 0 unspecified atom stereocenters. The van der Waals surface area contributed by atoms with Crippen molar-refractivity contribution in [2.45, 2.75) is 13.8 Å². The average Bonchev–Trinajstić information content (AvgIpc) is 2.84. The van der Waals surface area contributed by atoms with Crippen LogP contribution in [0.2, 0.25) is 0 Å². The molecule has 1 aromatic rings. The van der Waals surface area contributed by atoms with Gasteiger partial charge in [-0.2, -0.15) is 0 Å². The van der Waals surface area contributed by atoms with E-state index < -0.39 is 0 Å². The summed E-state index contributed by atoms with van der Waals surface area (Å²) in [7, 11) is 0. The third kappa shape index (κ3) is 5.34. The van der Waals surface area contributed by atoms with E-state index in [9.17, 15) is 9.59 Å². The second-order valence-corrected chi connectivity index (χ2v) is 4.09. The Morgan fingerprint density at radius 1 is 1.33 bits per heavy atom. The summed E-state index contributed by atoms with van der Waals surface area (Å²) in [6, 6.07) is 3.51. The summed E-state index contributed by atoms with van der Waals surface area (Å²) in [5, 5.41) is 5.37. The van der Waals surface area contributed by atoms with Crippen LogP contribution >= 0.6 is 0 Å². The molecule has 0 fully saturated rings. The number of amides is 2. The molecule has 1 aromatic heterocycles. The molecule has 18 heavy (non-hydrogen) atoms. The van der Waals surface area contributed by atoms with Crippen molar-refractivity contribution in [3.63, 3.8) is 0 Å².